The van der Waals surface area contributed by atoms with Gasteiger partial charge in [-0.25, -0.2) is 4.98 Å². The first kappa shape index (κ1) is 22.0. The third kappa shape index (κ3) is 5.91. The van der Waals surface area contributed by atoms with Crippen LogP contribution in [0.4, 0.5) is 0 Å². The molecule has 1 aliphatic carbocycles. The average Bonchev–Trinajstić information content (AvgIpc) is 3.50. The number of hydrogen-bond donors (Lipinski definition) is 2. The number of benzene rings is 2. The van der Waals surface area contributed by atoms with Crippen molar-refractivity contribution in [3.8, 4) is 11.4 Å². The molecule has 1 fully saturated rings. The number of thioether (sulfide) groups is 1. The minimum atomic E-state index is -0.112. The summed E-state index contributed by atoms with van der Waals surface area (Å²) in [6.07, 6.45) is 8.43. The normalized spacial score (nSPS) is 12.9. The molecule has 0 bridgehead atoms. The lowest BCUT2D eigenvalue weighted by atomic mass is 10.1. The molecule has 2 aromatic carbocycles. The minimum absolute atomic E-state index is 0.0302. The molecule has 1 saturated carbocycles. The lowest BCUT2D eigenvalue weighted by Crippen LogP contribution is -2.30. The predicted molar refractivity (Wildman–Crippen MR) is 124 cm³/mol. The molecule has 0 radical (unpaired) electrons. The van der Waals surface area contributed by atoms with E-state index in [0.717, 1.165) is 29.2 Å². The quantitative estimate of drug-likeness (QED) is 0.463. The van der Waals surface area contributed by atoms with Gasteiger partial charge in [-0.05, 0) is 61.4 Å². The summed E-state index contributed by atoms with van der Waals surface area (Å²) < 4.78 is 7.48. The molecule has 4 rings (SSSR count). The summed E-state index contributed by atoms with van der Waals surface area (Å²) in [4.78, 5) is 28.6. The number of rotatable bonds is 10. The lowest BCUT2D eigenvalue weighted by Gasteiger charge is -2.10. The minimum Gasteiger partial charge on any atom is -0.484 e. The highest BCUT2D eigenvalue weighted by Crippen LogP contribution is 2.20. The van der Waals surface area contributed by atoms with Gasteiger partial charge in [0.25, 0.3) is 11.8 Å². The Hall–Kier alpha value is -3.26. The Labute approximate surface area is 191 Å². The Morgan fingerprint density at radius 1 is 1.19 bits per heavy atom. The summed E-state index contributed by atoms with van der Waals surface area (Å²) in [6.45, 7) is 0.552. The highest BCUT2D eigenvalue weighted by atomic mass is 32.2. The van der Waals surface area contributed by atoms with Crippen LogP contribution in [0.15, 0.2) is 66.1 Å². The highest BCUT2D eigenvalue weighted by molar-refractivity contribution is 7.98. The maximum Gasteiger partial charge on any atom is 0.258 e. The second-order valence-electron chi connectivity index (χ2n) is 7.61. The van der Waals surface area contributed by atoms with Gasteiger partial charge in [-0.15, -0.1) is 0 Å². The van der Waals surface area contributed by atoms with Gasteiger partial charge in [-0.3, -0.25) is 14.2 Å². The standard InChI is InChI=1S/C24H26N4O3S/c1-32-24-26-13-14-28(24)20-4-2-3-18(15-20)23(30)25-12-11-17-5-9-21(10-6-17)31-16-22(29)27-19-7-8-19/h2-6,9-10,13-15,19H,7-8,11-12,16H2,1H3,(H,25,30)(H,27,29). The average molecular weight is 451 g/mol. The zero-order valence-corrected chi connectivity index (χ0v) is 18.7. The number of imidazole rings is 1. The largest absolute Gasteiger partial charge is 0.484 e. The fraction of sp³-hybridized carbons (Fsp3) is 0.292. The smallest absolute Gasteiger partial charge is 0.258 e. The Balaban J connectivity index is 1.25. The number of hydrogen-bond acceptors (Lipinski definition) is 5. The fourth-order valence-electron chi connectivity index (χ4n) is 3.25. The Kier molecular flexibility index (Phi) is 7.11. The topological polar surface area (TPSA) is 85.2 Å². The van der Waals surface area contributed by atoms with Crippen LogP contribution >= 0.6 is 11.8 Å². The first-order valence-corrected chi connectivity index (χ1v) is 11.8. The van der Waals surface area contributed by atoms with Gasteiger partial charge in [-0.1, -0.05) is 30.0 Å². The van der Waals surface area contributed by atoms with Crippen molar-refractivity contribution >= 4 is 23.6 Å². The van der Waals surface area contributed by atoms with E-state index in [1.54, 1.807) is 24.0 Å². The Morgan fingerprint density at radius 2 is 2.00 bits per heavy atom. The number of carbonyl (C=O) groups is 2. The van der Waals surface area contributed by atoms with E-state index < -0.39 is 0 Å². The molecule has 0 spiro atoms. The van der Waals surface area contributed by atoms with E-state index in [1.165, 1.54) is 0 Å². The monoisotopic (exact) mass is 450 g/mol. The van der Waals surface area contributed by atoms with E-state index in [1.807, 2.05) is 59.5 Å². The molecule has 2 amide bonds. The van der Waals surface area contributed by atoms with Crippen LogP contribution in [0.5, 0.6) is 5.75 Å². The zero-order valence-electron chi connectivity index (χ0n) is 17.9. The number of aromatic nitrogens is 2. The number of nitrogens with one attached hydrogen (secondary N) is 2. The molecule has 32 heavy (non-hydrogen) atoms. The van der Waals surface area contributed by atoms with Crippen molar-refractivity contribution < 1.29 is 14.3 Å². The molecular weight excluding hydrogens is 424 g/mol. The molecule has 1 heterocycles. The second-order valence-corrected chi connectivity index (χ2v) is 8.39. The Bertz CT molecular complexity index is 1080. The van der Waals surface area contributed by atoms with Crippen LogP contribution in [-0.2, 0) is 11.2 Å². The first-order valence-electron chi connectivity index (χ1n) is 10.6. The molecule has 0 atom stereocenters. The van der Waals surface area contributed by atoms with Crippen molar-refractivity contribution in [1.82, 2.24) is 20.2 Å². The summed E-state index contributed by atoms with van der Waals surface area (Å²) in [5.41, 5.74) is 2.59. The second kappa shape index (κ2) is 10.4. The predicted octanol–water partition coefficient (Wildman–Crippen LogP) is 3.22. The molecule has 0 saturated heterocycles. The molecular formula is C24H26N4O3S. The van der Waals surface area contributed by atoms with Gasteiger partial charge in [0.05, 0.1) is 0 Å². The molecule has 1 aromatic heterocycles. The zero-order chi connectivity index (χ0) is 22.3. The van der Waals surface area contributed by atoms with Crippen molar-refractivity contribution in [2.45, 2.75) is 30.5 Å². The van der Waals surface area contributed by atoms with Crippen molar-refractivity contribution in [2.24, 2.45) is 0 Å². The van der Waals surface area contributed by atoms with Crippen LogP contribution in [0.25, 0.3) is 5.69 Å². The van der Waals surface area contributed by atoms with E-state index in [2.05, 4.69) is 15.6 Å². The van der Waals surface area contributed by atoms with Crippen molar-refractivity contribution in [3.05, 3.63) is 72.1 Å². The molecule has 0 aliphatic heterocycles. The third-order valence-electron chi connectivity index (χ3n) is 5.11. The van der Waals surface area contributed by atoms with Gasteiger partial charge in [0.2, 0.25) is 0 Å². The fourth-order valence-corrected chi connectivity index (χ4v) is 3.78. The van der Waals surface area contributed by atoms with Crippen LogP contribution < -0.4 is 15.4 Å². The van der Waals surface area contributed by atoms with Crippen LogP contribution in [0.3, 0.4) is 0 Å². The maximum atomic E-state index is 12.6. The Morgan fingerprint density at radius 3 is 2.75 bits per heavy atom. The lowest BCUT2D eigenvalue weighted by molar-refractivity contribution is -0.123. The SMILES string of the molecule is CSc1nccn1-c1cccc(C(=O)NCCc2ccc(OCC(=O)NC3CC3)cc2)c1. The first-order chi connectivity index (χ1) is 15.6. The number of amides is 2. The molecule has 0 unspecified atom stereocenters. The molecule has 8 heteroatoms. The molecule has 3 aromatic rings. The van der Waals surface area contributed by atoms with Gasteiger partial charge in [-0.2, -0.15) is 0 Å². The molecule has 7 nitrogen and oxygen atoms in total. The van der Waals surface area contributed by atoms with Gasteiger partial charge >= 0.3 is 0 Å². The van der Waals surface area contributed by atoms with Gasteiger partial charge in [0.15, 0.2) is 11.8 Å². The van der Waals surface area contributed by atoms with Crippen LogP contribution in [0.2, 0.25) is 0 Å². The molecule has 1 aliphatic rings. The summed E-state index contributed by atoms with van der Waals surface area (Å²) in [5, 5.41) is 6.74. The van der Waals surface area contributed by atoms with E-state index in [0.29, 0.717) is 30.3 Å². The summed E-state index contributed by atoms with van der Waals surface area (Å²) >= 11 is 1.56. The van der Waals surface area contributed by atoms with Gasteiger partial charge < -0.3 is 15.4 Å². The molecule has 2 N–H and O–H groups in total. The van der Waals surface area contributed by atoms with Gasteiger partial charge in [0.1, 0.15) is 5.75 Å². The van der Waals surface area contributed by atoms with E-state index >= 15 is 0 Å². The van der Waals surface area contributed by atoms with Crippen molar-refractivity contribution in [2.75, 3.05) is 19.4 Å². The number of ether oxygens (including phenoxy) is 1. The van der Waals surface area contributed by atoms with Crippen molar-refractivity contribution in [3.63, 3.8) is 0 Å². The summed E-state index contributed by atoms with van der Waals surface area (Å²) in [6, 6.07) is 15.4. The summed E-state index contributed by atoms with van der Waals surface area (Å²) in [5.74, 6) is 0.463. The van der Waals surface area contributed by atoms with Gasteiger partial charge in [0, 0.05) is 36.2 Å². The van der Waals surface area contributed by atoms with Crippen LogP contribution in [0.1, 0.15) is 28.8 Å². The third-order valence-corrected chi connectivity index (χ3v) is 5.78. The van der Waals surface area contributed by atoms with E-state index in [-0.39, 0.29) is 18.4 Å². The highest BCUT2D eigenvalue weighted by Gasteiger charge is 2.23. The van der Waals surface area contributed by atoms with E-state index in [9.17, 15) is 9.59 Å². The van der Waals surface area contributed by atoms with Crippen LogP contribution in [-0.4, -0.2) is 46.8 Å². The number of nitrogens with zero attached hydrogens (tertiary/aromatic N) is 2. The van der Waals surface area contributed by atoms with Crippen molar-refractivity contribution in [1.29, 1.82) is 0 Å². The van der Waals surface area contributed by atoms with E-state index in [4.69, 9.17) is 4.74 Å². The van der Waals surface area contributed by atoms with Crippen LogP contribution in [0, 0.1) is 0 Å². The summed E-state index contributed by atoms with van der Waals surface area (Å²) in [7, 11) is 0. The maximum absolute atomic E-state index is 12.6. The number of carbonyl (C=O) groups excluding carboxylic acids is 2. The molecule has 166 valence electrons.